The Bertz CT molecular complexity index is 487. The molecule has 6 heteroatoms. The molecular weight excluding hydrogens is 313 g/mol. The summed E-state index contributed by atoms with van der Waals surface area (Å²) in [7, 11) is 0. The lowest BCUT2D eigenvalue weighted by Gasteiger charge is -2.37. The van der Waals surface area contributed by atoms with Gasteiger partial charge in [-0.15, -0.1) is 0 Å². The molecule has 0 saturated carbocycles. The van der Waals surface area contributed by atoms with Crippen LogP contribution in [0.1, 0.15) is 12.5 Å². The molecule has 0 amide bonds. The number of hydrogen-bond acceptors (Lipinski definition) is 3. The molecule has 1 aliphatic heterocycles. The normalized spacial score (nSPS) is 18.9. The Morgan fingerprint density at radius 1 is 1.25 bits per heavy atom. The Morgan fingerprint density at radius 2 is 1.90 bits per heavy atom. The Morgan fingerprint density at radius 3 is 2.45 bits per heavy atom. The van der Waals surface area contributed by atoms with Gasteiger partial charge in [-0.1, -0.05) is 41.5 Å². The van der Waals surface area contributed by atoms with E-state index < -0.39 is 0 Å². The monoisotopic (exact) mass is 331 g/mol. The third-order valence-electron chi connectivity index (χ3n) is 3.76. The van der Waals surface area contributed by atoms with Crippen LogP contribution in [0.25, 0.3) is 0 Å². The van der Waals surface area contributed by atoms with Gasteiger partial charge in [-0.3, -0.25) is 9.80 Å². The second-order valence-corrected chi connectivity index (χ2v) is 6.42. The standard InChI is InChI=1S/C14H19Cl2N3S/c1-10(14(17)20)19-6-4-18(5-7-19)9-11-2-3-12(15)13(16)8-11/h2-3,8,10H,4-7,9H2,1H3,(H2,17,20). The SMILES string of the molecule is CC(C(N)=S)N1CCN(Cc2ccc(Cl)c(Cl)c2)CC1. The van der Waals surface area contributed by atoms with Crippen LogP contribution in [0.4, 0.5) is 0 Å². The van der Waals surface area contributed by atoms with Crippen molar-refractivity contribution in [2.24, 2.45) is 5.73 Å². The summed E-state index contributed by atoms with van der Waals surface area (Å²) in [6.45, 7) is 6.95. The molecule has 110 valence electrons. The average Bonchev–Trinajstić information content (AvgIpc) is 2.43. The minimum Gasteiger partial charge on any atom is -0.392 e. The van der Waals surface area contributed by atoms with Crippen molar-refractivity contribution in [1.29, 1.82) is 0 Å². The smallest absolute Gasteiger partial charge is 0.0899 e. The van der Waals surface area contributed by atoms with Gasteiger partial charge in [0.25, 0.3) is 0 Å². The molecule has 3 nitrogen and oxygen atoms in total. The first kappa shape index (κ1) is 16.0. The van der Waals surface area contributed by atoms with Gasteiger partial charge >= 0.3 is 0 Å². The van der Waals surface area contributed by atoms with Crippen LogP contribution in [-0.4, -0.2) is 47.0 Å². The van der Waals surface area contributed by atoms with Crippen LogP contribution in [-0.2, 0) is 6.54 Å². The third kappa shape index (κ3) is 4.06. The molecule has 0 aromatic heterocycles. The largest absolute Gasteiger partial charge is 0.392 e. The van der Waals surface area contributed by atoms with Crippen LogP contribution in [0, 0.1) is 0 Å². The molecule has 1 fully saturated rings. The summed E-state index contributed by atoms with van der Waals surface area (Å²) in [6, 6.07) is 5.99. The average molecular weight is 332 g/mol. The highest BCUT2D eigenvalue weighted by atomic mass is 35.5. The van der Waals surface area contributed by atoms with Gasteiger partial charge in [0, 0.05) is 32.7 Å². The summed E-state index contributed by atoms with van der Waals surface area (Å²) in [5.41, 5.74) is 6.89. The first-order valence-electron chi connectivity index (χ1n) is 6.67. The minimum absolute atomic E-state index is 0.178. The Labute approximate surface area is 135 Å². The molecule has 1 unspecified atom stereocenters. The lowest BCUT2D eigenvalue weighted by atomic mass is 10.2. The van der Waals surface area contributed by atoms with Gasteiger partial charge in [-0.25, -0.2) is 0 Å². The number of piperazine rings is 1. The quantitative estimate of drug-likeness (QED) is 0.860. The van der Waals surface area contributed by atoms with E-state index in [9.17, 15) is 0 Å². The van der Waals surface area contributed by atoms with Crippen LogP contribution in [0.2, 0.25) is 10.0 Å². The van der Waals surface area contributed by atoms with E-state index in [0.29, 0.717) is 15.0 Å². The van der Waals surface area contributed by atoms with Crippen molar-refractivity contribution in [3.05, 3.63) is 33.8 Å². The number of hydrogen-bond donors (Lipinski definition) is 1. The zero-order chi connectivity index (χ0) is 14.7. The zero-order valence-corrected chi connectivity index (χ0v) is 13.8. The van der Waals surface area contributed by atoms with Gasteiger partial charge in [0.2, 0.25) is 0 Å². The van der Waals surface area contributed by atoms with Crippen LogP contribution >= 0.6 is 35.4 Å². The Hall–Kier alpha value is -0.390. The van der Waals surface area contributed by atoms with Crippen molar-refractivity contribution >= 4 is 40.4 Å². The number of benzene rings is 1. The summed E-state index contributed by atoms with van der Waals surface area (Å²) in [5.74, 6) is 0. The van der Waals surface area contributed by atoms with Crippen molar-refractivity contribution in [2.75, 3.05) is 26.2 Å². The Balaban J connectivity index is 1.88. The van der Waals surface area contributed by atoms with Gasteiger partial charge in [0.05, 0.1) is 21.1 Å². The van der Waals surface area contributed by atoms with Crippen molar-refractivity contribution in [3.8, 4) is 0 Å². The van der Waals surface area contributed by atoms with Crippen molar-refractivity contribution in [1.82, 2.24) is 9.80 Å². The minimum atomic E-state index is 0.178. The maximum absolute atomic E-state index is 6.04. The van der Waals surface area contributed by atoms with E-state index >= 15 is 0 Å². The fourth-order valence-corrected chi connectivity index (χ4v) is 2.85. The molecule has 2 rings (SSSR count). The second kappa shape index (κ2) is 7.05. The molecule has 20 heavy (non-hydrogen) atoms. The molecule has 1 heterocycles. The molecule has 1 aromatic carbocycles. The van der Waals surface area contributed by atoms with E-state index in [-0.39, 0.29) is 6.04 Å². The molecular formula is C14H19Cl2N3S. The highest BCUT2D eigenvalue weighted by Crippen LogP contribution is 2.23. The fourth-order valence-electron chi connectivity index (χ4n) is 2.38. The lowest BCUT2D eigenvalue weighted by Crippen LogP contribution is -2.52. The van der Waals surface area contributed by atoms with Gasteiger partial charge in [-0.2, -0.15) is 0 Å². The summed E-state index contributed by atoms with van der Waals surface area (Å²) in [4.78, 5) is 5.30. The van der Waals surface area contributed by atoms with Crippen LogP contribution < -0.4 is 5.73 Å². The number of rotatable bonds is 4. The van der Waals surface area contributed by atoms with E-state index in [2.05, 4.69) is 16.7 Å². The predicted octanol–water partition coefficient (Wildman–Crippen LogP) is 2.79. The van der Waals surface area contributed by atoms with Gasteiger partial charge < -0.3 is 5.73 Å². The van der Waals surface area contributed by atoms with Gasteiger partial charge in [-0.05, 0) is 24.6 Å². The molecule has 1 saturated heterocycles. The maximum atomic E-state index is 6.04. The predicted molar refractivity (Wildman–Crippen MR) is 89.6 cm³/mol. The summed E-state index contributed by atoms with van der Waals surface area (Å²) < 4.78 is 0. The molecule has 1 aliphatic rings. The van der Waals surface area contributed by atoms with E-state index in [1.807, 2.05) is 18.2 Å². The first-order chi connectivity index (χ1) is 9.47. The molecule has 0 radical (unpaired) electrons. The number of thiocarbonyl (C=S) groups is 1. The topological polar surface area (TPSA) is 32.5 Å². The first-order valence-corrected chi connectivity index (χ1v) is 7.83. The number of nitrogens with two attached hydrogens (primary N) is 1. The van der Waals surface area contributed by atoms with E-state index in [0.717, 1.165) is 32.7 Å². The molecule has 1 atom stereocenters. The fraction of sp³-hybridized carbons (Fsp3) is 0.500. The van der Waals surface area contributed by atoms with Crippen LogP contribution in [0.3, 0.4) is 0 Å². The lowest BCUT2D eigenvalue weighted by molar-refractivity contribution is 0.118. The van der Waals surface area contributed by atoms with Crippen molar-refractivity contribution < 1.29 is 0 Å². The summed E-state index contributed by atoms with van der Waals surface area (Å²) in [5, 5.41) is 1.22. The molecule has 0 aliphatic carbocycles. The molecule has 0 bridgehead atoms. The van der Waals surface area contributed by atoms with Gasteiger partial charge in [0.15, 0.2) is 0 Å². The third-order valence-corrected chi connectivity index (χ3v) is 4.84. The van der Waals surface area contributed by atoms with Crippen molar-refractivity contribution in [2.45, 2.75) is 19.5 Å². The second-order valence-electron chi connectivity index (χ2n) is 5.14. The highest BCUT2D eigenvalue weighted by Gasteiger charge is 2.22. The van der Waals surface area contributed by atoms with E-state index in [4.69, 9.17) is 41.2 Å². The zero-order valence-electron chi connectivity index (χ0n) is 11.5. The number of halogens is 2. The van der Waals surface area contributed by atoms with E-state index in [1.54, 1.807) is 0 Å². The van der Waals surface area contributed by atoms with Crippen molar-refractivity contribution in [3.63, 3.8) is 0 Å². The van der Waals surface area contributed by atoms with Crippen LogP contribution in [0.5, 0.6) is 0 Å². The van der Waals surface area contributed by atoms with E-state index in [1.165, 1.54) is 5.56 Å². The molecule has 2 N–H and O–H groups in total. The maximum Gasteiger partial charge on any atom is 0.0899 e. The molecule has 1 aromatic rings. The van der Waals surface area contributed by atoms with Crippen LogP contribution in [0.15, 0.2) is 18.2 Å². The Kier molecular flexibility index (Phi) is 5.64. The highest BCUT2D eigenvalue weighted by molar-refractivity contribution is 7.80. The molecule has 0 spiro atoms. The summed E-state index contributed by atoms with van der Waals surface area (Å²) >= 11 is 17.0. The summed E-state index contributed by atoms with van der Waals surface area (Å²) in [6.07, 6.45) is 0. The van der Waals surface area contributed by atoms with Gasteiger partial charge in [0.1, 0.15) is 0 Å². The number of nitrogens with zero attached hydrogens (tertiary/aromatic N) is 2.